The number of carbonyl (C=O) groups excluding carboxylic acids is 1. The van der Waals surface area contributed by atoms with Crippen molar-refractivity contribution in [2.24, 2.45) is 0 Å². The summed E-state index contributed by atoms with van der Waals surface area (Å²) in [4.78, 5) is 21.3. The van der Waals surface area contributed by atoms with Crippen molar-refractivity contribution in [1.29, 1.82) is 0 Å². The molecule has 3 aromatic heterocycles. The molecule has 174 valence electrons. The first kappa shape index (κ1) is 22.0. The van der Waals surface area contributed by atoms with Gasteiger partial charge in [0.15, 0.2) is 0 Å². The van der Waals surface area contributed by atoms with Gasteiger partial charge in [-0.15, -0.1) is 0 Å². The third-order valence-corrected chi connectivity index (χ3v) is 6.81. The minimum atomic E-state index is -0.517. The molecule has 0 aliphatic carbocycles. The number of aromatic nitrogens is 3. The number of fused-ring (bicyclic) bond motifs is 1. The molecule has 0 unspecified atom stereocenters. The second-order valence-electron chi connectivity index (χ2n) is 9.12. The van der Waals surface area contributed by atoms with Crippen molar-refractivity contribution >= 4 is 22.6 Å². The second kappa shape index (κ2) is 8.85. The maximum atomic E-state index is 11.7. The first-order valence-electron chi connectivity index (χ1n) is 11.6. The van der Waals surface area contributed by atoms with Gasteiger partial charge in [0.2, 0.25) is 5.91 Å². The summed E-state index contributed by atoms with van der Waals surface area (Å²) in [5.41, 5.74) is 4.49. The fourth-order valence-corrected chi connectivity index (χ4v) is 5.04. The van der Waals surface area contributed by atoms with Gasteiger partial charge in [-0.05, 0) is 56.6 Å². The zero-order chi connectivity index (χ0) is 23.0. The SMILES string of the molecule is CO[C@@]1(c2cc(C)cc(-c3cn(C4CCNCC4)c4cnc(NC(C)=O)cc34)n2)CCOC1. The lowest BCUT2D eigenvalue weighted by Crippen LogP contribution is -2.30. The smallest absolute Gasteiger partial charge is 0.222 e. The zero-order valence-corrected chi connectivity index (χ0v) is 19.5. The number of aryl methyl sites for hydroxylation is 1. The number of hydrogen-bond donors (Lipinski definition) is 2. The van der Waals surface area contributed by atoms with Gasteiger partial charge in [0, 0.05) is 50.2 Å². The van der Waals surface area contributed by atoms with Crippen molar-refractivity contribution in [3.63, 3.8) is 0 Å². The van der Waals surface area contributed by atoms with Crippen molar-refractivity contribution in [2.75, 3.05) is 38.7 Å². The van der Waals surface area contributed by atoms with Crippen molar-refractivity contribution in [2.45, 2.75) is 44.8 Å². The molecule has 0 spiro atoms. The van der Waals surface area contributed by atoms with Gasteiger partial charge in [0.05, 0.1) is 29.7 Å². The second-order valence-corrected chi connectivity index (χ2v) is 9.12. The first-order valence-corrected chi connectivity index (χ1v) is 11.6. The summed E-state index contributed by atoms with van der Waals surface area (Å²) in [6.07, 6.45) is 6.98. The molecule has 0 bridgehead atoms. The average Bonchev–Trinajstić information content (AvgIpc) is 3.44. The highest BCUT2D eigenvalue weighted by Crippen LogP contribution is 2.38. The van der Waals surface area contributed by atoms with Crippen molar-refractivity contribution in [3.8, 4) is 11.3 Å². The van der Waals surface area contributed by atoms with Crippen LogP contribution in [-0.2, 0) is 19.9 Å². The minimum Gasteiger partial charge on any atom is -0.378 e. The molecule has 5 heterocycles. The van der Waals surface area contributed by atoms with E-state index in [1.807, 2.05) is 12.3 Å². The molecule has 1 amide bonds. The predicted molar refractivity (Wildman–Crippen MR) is 127 cm³/mol. The van der Waals surface area contributed by atoms with E-state index in [4.69, 9.17) is 14.5 Å². The largest absolute Gasteiger partial charge is 0.378 e. The van der Waals surface area contributed by atoms with Crippen molar-refractivity contribution < 1.29 is 14.3 Å². The number of methoxy groups -OCH3 is 1. The number of amides is 1. The van der Waals surface area contributed by atoms with E-state index in [1.54, 1.807) is 7.11 Å². The highest BCUT2D eigenvalue weighted by Gasteiger charge is 2.38. The number of nitrogens with zero attached hydrogens (tertiary/aromatic N) is 3. The normalized spacial score (nSPS) is 21.5. The standard InChI is InChI=1S/C25H31N5O3/c1-16-10-21(29-23(11-16)25(32-3)6-9-33-15-25)20-14-30(18-4-7-26-8-5-18)22-13-27-24(12-19(20)22)28-17(2)31/h10-14,18,26H,4-9,15H2,1-3H3,(H,27,28,31)/t25-/m0/s1. The zero-order valence-electron chi connectivity index (χ0n) is 19.5. The van der Waals surface area contributed by atoms with Gasteiger partial charge in [-0.25, -0.2) is 9.97 Å². The van der Waals surface area contributed by atoms with Crippen LogP contribution < -0.4 is 10.6 Å². The van der Waals surface area contributed by atoms with E-state index in [0.717, 1.165) is 65.8 Å². The third kappa shape index (κ3) is 4.14. The summed E-state index contributed by atoms with van der Waals surface area (Å²) < 4.78 is 13.9. The fraction of sp³-hybridized carbons (Fsp3) is 0.480. The number of ether oxygens (including phenoxy) is 2. The molecule has 8 nitrogen and oxygen atoms in total. The number of carbonyl (C=O) groups is 1. The summed E-state index contributed by atoms with van der Waals surface area (Å²) in [6.45, 7) is 6.76. The van der Waals surface area contributed by atoms with Crippen LogP contribution in [0.5, 0.6) is 0 Å². The maximum absolute atomic E-state index is 11.7. The molecule has 0 aromatic carbocycles. The Balaban J connectivity index is 1.67. The first-order chi connectivity index (χ1) is 16.0. The summed E-state index contributed by atoms with van der Waals surface area (Å²) in [5.74, 6) is 0.408. The highest BCUT2D eigenvalue weighted by molar-refractivity contribution is 5.98. The molecule has 3 aromatic rings. The van der Waals surface area contributed by atoms with Crippen molar-refractivity contribution in [3.05, 3.63) is 41.9 Å². The Kier molecular flexibility index (Phi) is 5.90. The van der Waals surface area contributed by atoms with Gasteiger partial charge in [0.1, 0.15) is 11.4 Å². The Bertz CT molecular complexity index is 1180. The Morgan fingerprint density at radius 2 is 2.12 bits per heavy atom. The molecule has 2 N–H and O–H groups in total. The molecule has 0 radical (unpaired) electrons. The van der Waals surface area contributed by atoms with Crippen LogP contribution in [0.3, 0.4) is 0 Å². The quantitative estimate of drug-likeness (QED) is 0.619. The van der Waals surface area contributed by atoms with Crippen LogP contribution in [0.15, 0.2) is 30.6 Å². The molecule has 2 aliphatic rings. The lowest BCUT2D eigenvalue weighted by Gasteiger charge is -2.26. The monoisotopic (exact) mass is 449 g/mol. The fourth-order valence-electron chi connectivity index (χ4n) is 5.04. The van der Waals surface area contributed by atoms with E-state index in [2.05, 4.69) is 45.4 Å². The Morgan fingerprint density at radius 1 is 1.30 bits per heavy atom. The van der Waals surface area contributed by atoms with E-state index >= 15 is 0 Å². The van der Waals surface area contributed by atoms with Gasteiger partial charge in [-0.2, -0.15) is 0 Å². The van der Waals surface area contributed by atoms with E-state index < -0.39 is 5.60 Å². The molecule has 2 saturated heterocycles. The highest BCUT2D eigenvalue weighted by atomic mass is 16.5. The topological polar surface area (TPSA) is 90.3 Å². The van der Waals surface area contributed by atoms with Crippen molar-refractivity contribution in [1.82, 2.24) is 19.9 Å². The maximum Gasteiger partial charge on any atom is 0.222 e. The number of anilines is 1. The van der Waals surface area contributed by atoms with Crippen LogP contribution >= 0.6 is 0 Å². The van der Waals surface area contributed by atoms with Gasteiger partial charge in [0.25, 0.3) is 0 Å². The lowest BCUT2D eigenvalue weighted by molar-refractivity contribution is -0.114. The number of piperidine rings is 1. The van der Waals surface area contributed by atoms with E-state index in [0.29, 0.717) is 25.1 Å². The molecule has 33 heavy (non-hydrogen) atoms. The Morgan fingerprint density at radius 3 is 2.82 bits per heavy atom. The Labute approximate surface area is 193 Å². The number of pyridine rings is 2. The molecule has 1 atom stereocenters. The molecule has 0 saturated carbocycles. The number of nitrogens with one attached hydrogen (secondary N) is 2. The van der Waals surface area contributed by atoms with Gasteiger partial charge in [-0.3, -0.25) is 4.79 Å². The molecule has 2 aliphatic heterocycles. The number of hydrogen-bond acceptors (Lipinski definition) is 6. The van der Waals surface area contributed by atoms with E-state index in [1.165, 1.54) is 6.92 Å². The molecule has 2 fully saturated rings. The summed E-state index contributed by atoms with van der Waals surface area (Å²) in [7, 11) is 1.73. The molecule has 5 rings (SSSR count). The molecular formula is C25H31N5O3. The predicted octanol–water partition coefficient (Wildman–Crippen LogP) is 3.55. The van der Waals surface area contributed by atoms with Crippen LogP contribution in [0.2, 0.25) is 0 Å². The lowest BCUT2D eigenvalue weighted by atomic mass is 9.95. The molecule has 8 heteroatoms. The van der Waals surface area contributed by atoms with Crippen LogP contribution in [0.1, 0.15) is 43.5 Å². The van der Waals surface area contributed by atoms with Crippen LogP contribution in [0.25, 0.3) is 22.2 Å². The van der Waals surface area contributed by atoms with Crippen LogP contribution in [0.4, 0.5) is 5.82 Å². The van der Waals surface area contributed by atoms with E-state index in [9.17, 15) is 4.79 Å². The van der Waals surface area contributed by atoms with E-state index in [-0.39, 0.29) is 5.91 Å². The minimum absolute atomic E-state index is 0.138. The average molecular weight is 450 g/mol. The number of rotatable bonds is 5. The third-order valence-electron chi connectivity index (χ3n) is 6.81. The molecular weight excluding hydrogens is 418 g/mol. The van der Waals surface area contributed by atoms with Gasteiger partial charge < -0.3 is 24.7 Å². The Hall–Kier alpha value is -2.81. The van der Waals surface area contributed by atoms with Gasteiger partial charge in [-0.1, -0.05) is 0 Å². The summed E-state index contributed by atoms with van der Waals surface area (Å²) >= 11 is 0. The summed E-state index contributed by atoms with van der Waals surface area (Å²) in [6, 6.07) is 6.56. The van der Waals surface area contributed by atoms with Crippen LogP contribution in [0, 0.1) is 6.92 Å². The van der Waals surface area contributed by atoms with Crippen LogP contribution in [-0.4, -0.2) is 53.9 Å². The summed E-state index contributed by atoms with van der Waals surface area (Å²) in [5, 5.41) is 7.30. The van der Waals surface area contributed by atoms with Gasteiger partial charge >= 0.3 is 0 Å².